The van der Waals surface area contributed by atoms with Crippen LogP contribution in [-0.2, 0) is 4.74 Å². The third kappa shape index (κ3) is 1.94. The molecule has 4 saturated heterocycles. The van der Waals surface area contributed by atoms with E-state index in [9.17, 15) is 4.79 Å². The quantitative estimate of drug-likeness (QED) is 0.853. The van der Waals surface area contributed by atoms with Crippen LogP contribution in [0.25, 0.3) is 11.1 Å². The molecule has 4 aliphatic heterocycles. The molecule has 0 radical (unpaired) electrons. The predicted octanol–water partition coefficient (Wildman–Crippen LogP) is 2.96. The Morgan fingerprint density at radius 1 is 1.13 bits per heavy atom. The van der Waals surface area contributed by atoms with Gasteiger partial charge in [-0.3, -0.25) is 4.90 Å². The van der Waals surface area contributed by atoms with Crippen LogP contribution in [0.15, 0.2) is 39.8 Å². The van der Waals surface area contributed by atoms with Gasteiger partial charge in [-0.2, -0.15) is 0 Å². The maximum atomic E-state index is 12.4. The van der Waals surface area contributed by atoms with Crippen molar-refractivity contribution < 1.29 is 18.4 Å². The van der Waals surface area contributed by atoms with E-state index in [-0.39, 0.29) is 11.7 Å². The fourth-order valence-corrected chi connectivity index (χ4v) is 4.23. The van der Waals surface area contributed by atoms with E-state index in [1.807, 2.05) is 12.1 Å². The SMILES string of the molecule is O=C1O[C@]2(CN3CCC2CC3)CN1c1cc(-c2ccoc2)co1. The van der Waals surface area contributed by atoms with Crippen molar-refractivity contribution in [1.82, 2.24) is 4.90 Å². The van der Waals surface area contributed by atoms with Gasteiger partial charge in [-0.15, -0.1) is 0 Å². The first kappa shape index (κ1) is 13.2. The number of piperidine rings is 3. The van der Waals surface area contributed by atoms with Crippen LogP contribution in [-0.4, -0.2) is 42.8 Å². The lowest BCUT2D eigenvalue weighted by molar-refractivity contribution is -0.0881. The normalized spacial score (nSPS) is 32.7. The molecule has 2 bridgehead atoms. The molecule has 1 spiro atoms. The van der Waals surface area contributed by atoms with Crippen LogP contribution in [0.4, 0.5) is 10.7 Å². The number of carbonyl (C=O) groups excluding carboxylic acids is 1. The molecule has 4 fully saturated rings. The van der Waals surface area contributed by atoms with Crippen LogP contribution in [0, 0.1) is 5.92 Å². The van der Waals surface area contributed by atoms with Gasteiger partial charge in [-0.1, -0.05) is 0 Å². The number of amides is 1. The van der Waals surface area contributed by atoms with Crippen molar-refractivity contribution in [2.75, 3.05) is 31.1 Å². The van der Waals surface area contributed by atoms with E-state index in [0.29, 0.717) is 18.3 Å². The smallest absolute Gasteiger partial charge is 0.417 e. The van der Waals surface area contributed by atoms with Gasteiger partial charge >= 0.3 is 6.09 Å². The highest BCUT2D eigenvalue weighted by Crippen LogP contribution is 2.43. The van der Waals surface area contributed by atoms with E-state index in [1.54, 1.807) is 23.7 Å². The molecule has 6 nitrogen and oxygen atoms in total. The highest BCUT2D eigenvalue weighted by molar-refractivity contribution is 5.89. The number of hydrogen-bond donors (Lipinski definition) is 0. The Hall–Kier alpha value is -2.21. The molecule has 23 heavy (non-hydrogen) atoms. The van der Waals surface area contributed by atoms with Crippen molar-refractivity contribution >= 4 is 12.0 Å². The molecule has 0 aromatic carbocycles. The molecule has 2 aromatic heterocycles. The van der Waals surface area contributed by atoms with Gasteiger partial charge in [0.05, 0.1) is 19.1 Å². The molecule has 6 heterocycles. The third-order valence-corrected chi connectivity index (χ3v) is 5.47. The molecular weight excluding hydrogens is 296 g/mol. The Balaban J connectivity index is 1.43. The molecule has 120 valence electrons. The van der Waals surface area contributed by atoms with Crippen LogP contribution in [0.3, 0.4) is 0 Å². The highest BCUT2D eigenvalue weighted by atomic mass is 16.6. The Kier molecular flexibility index (Phi) is 2.68. The van der Waals surface area contributed by atoms with Gasteiger partial charge in [0.2, 0.25) is 5.88 Å². The second kappa shape index (κ2) is 4.64. The van der Waals surface area contributed by atoms with Crippen molar-refractivity contribution in [2.45, 2.75) is 18.4 Å². The average molecular weight is 314 g/mol. The van der Waals surface area contributed by atoms with Gasteiger partial charge in [0.25, 0.3) is 0 Å². The highest BCUT2D eigenvalue weighted by Gasteiger charge is 2.56. The summed E-state index contributed by atoms with van der Waals surface area (Å²) in [5.74, 6) is 1.00. The molecule has 0 saturated carbocycles. The third-order valence-electron chi connectivity index (χ3n) is 5.47. The summed E-state index contributed by atoms with van der Waals surface area (Å²) >= 11 is 0. The summed E-state index contributed by atoms with van der Waals surface area (Å²) in [6, 6.07) is 3.73. The summed E-state index contributed by atoms with van der Waals surface area (Å²) < 4.78 is 16.6. The minimum Gasteiger partial charge on any atom is -0.472 e. The number of carbonyl (C=O) groups is 1. The Morgan fingerprint density at radius 3 is 2.70 bits per heavy atom. The standard InChI is InChI=1S/C17H18N2O4/c20-16-19(15-7-13(9-22-15)12-3-6-21-8-12)11-17(23-16)10-18-4-1-14(17)2-5-18/h3,6-9,14H,1-2,4-5,10-11H2/t17-/m1/s1. The van der Waals surface area contributed by atoms with Crippen LogP contribution in [0.2, 0.25) is 0 Å². The van der Waals surface area contributed by atoms with Gasteiger partial charge in [0, 0.05) is 29.7 Å². The second-order valence-electron chi connectivity index (χ2n) is 6.75. The number of nitrogens with zero attached hydrogens (tertiary/aromatic N) is 2. The summed E-state index contributed by atoms with van der Waals surface area (Å²) in [7, 11) is 0. The van der Waals surface area contributed by atoms with Crippen LogP contribution < -0.4 is 4.90 Å². The Labute approximate surface area is 133 Å². The number of furan rings is 2. The molecule has 6 rings (SSSR count). The Morgan fingerprint density at radius 2 is 2.00 bits per heavy atom. The number of anilines is 1. The van der Waals surface area contributed by atoms with E-state index in [4.69, 9.17) is 13.6 Å². The fourth-order valence-electron chi connectivity index (χ4n) is 4.23. The number of ether oxygens (including phenoxy) is 1. The fraction of sp³-hybridized carbons (Fsp3) is 0.471. The molecule has 2 aromatic rings. The maximum Gasteiger partial charge on any atom is 0.417 e. The number of rotatable bonds is 2. The summed E-state index contributed by atoms with van der Waals surface area (Å²) in [6.45, 7) is 3.66. The molecule has 4 aliphatic rings. The minimum atomic E-state index is -0.365. The summed E-state index contributed by atoms with van der Waals surface area (Å²) in [5.41, 5.74) is 1.47. The van der Waals surface area contributed by atoms with E-state index in [0.717, 1.165) is 43.6 Å². The van der Waals surface area contributed by atoms with Crippen molar-refractivity contribution in [1.29, 1.82) is 0 Å². The van der Waals surface area contributed by atoms with Gasteiger partial charge in [0.15, 0.2) is 0 Å². The van der Waals surface area contributed by atoms with Crippen LogP contribution in [0.1, 0.15) is 12.8 Å². The van der Waals surface area contributed by atoms with Crippen molar-refractivity contribution in [3.63, 3.8) is 0 Å². The zero-order valence-electron chi connectivity index (χ0n) is 12.7. The first-order valence-corrected chi connectivity index (χ1v) is 8.07. The summed E-state index contributed by atoms with van der Waals surface area (Å²) in [6.07, 6.45) is 6.85. The van der Waals surface area contributed by atoms with E-state index < -0.39 is 0 Å². The molecule has 1 amide bonds. The van der Waals surface area contributed by atoms with Gasteiger partial charge in [-0.25, -0.2) is 9.69 Å². The second-order valence-corrected chi connectivity index (χ2v) is 6.75. The zero-order chi connectivity index (χ0) is 15.4. The molecule has 1 atom stereocenters. The zero-order valence-corrected chi connectivity index (χ0v) is 12.7. The monoisotopic (exact) mass is 314 g/mol. The molecule has 0 unspecified atom stereocenters. The number of hydrogen-bond acceptors (Lipinski definition) is 5. The average Bonchev–Trinajstić information content (AvgIpc) is 3.28. The van der Waals surface area contributed by atoms with Gasteiger partial charge in [-0.05, 0) is 32.0 Å². The number of fused-ring (bicyclic) bond motifs is 2. The van der Waals surface area contributed by atoms with Crippen molar-refractivity contribution in [2.24, 2.45) is 5.92 Å². The van der Waals surface area contributed by atoms with E-state index in [1.165, 1.54) is 0 Å². The minimum absolute atomic E-state index is 0.299. The lowest BCUT2D eigenvalue weighted by atomic mass is 9.75. The molecule has 0 N–H and O–H groups in total. The van der Waals surface area contributed by atoms with Crippen LogP contribution in [0.5, 0.6) is 0 Å². The van der Waals surface area contributed by atoms with E-state index in [2.05, 4.69) is 4.90 Å². The van der Waals surface area contributed by atoms with Crippen molar-refractivity contribution in [3.05, 3.63) is 30.9 Å². The molecule has 0 aliphatic carbocycles. The lowest BCUT2D eigenvalue weighted by Crippen LogP contribution is -2.61. The van der Waals surface area contributed by atoms with Crippen molar-refractivity contribution in [3.8, 4) is 11.1 Å². The summed E-state index contributed by atoms with van der Waals surface area (Å²) in [5, 5.41) is 0. The largest absolute Gasteiger partial charge is 0.472 e. The first-order chi connectivity index (χ1) is 11.2. The predicted molar refractivity (Wildman–Crippen MR) is 82.1 cm³/mol. The maximum absolute atomic E-state index is 12.4. The Bertz CT molecular complexity index is 730. The molecule has 6 heteroatoms. The first-order valence-electron chi connectivity index (χ1n) is 8.07. The van der Waals surface area contributed by atoms with E-state index >= 15 is 0 Å². The molecular formula is C17H18N2O4. The van der Waals surface area contributed by atoms with Crippen LogP contribution >= 0.6 is 0 Å². The lowest BCUT2D eigenvalue weighted by Gasteiger charge is -2.49. The summed E-state index contributed by atoms with van der Waals surface area (Å²) in [4.78, 5) is 16.5. The van der Waals surface area contributed by atoms with Gasteiger partial charge in [0.1, 0.15) is 11.9 Å². The topological polar surface area (TPSA) is 59.1 Å². The van der Waals surface area contributed by atoms with Gasteiger partial charge < -0.3 is 13.6 Å².